The lowest BCUT2D eigenvalue weighted by molar-refractivity contribution is -0.111. The maximum absolute atomic E-state index is 9.07. The van der Waals surface area contributed by atoms with Gasteiger partial charge in [0.2, 0.25) is 0 Å². The zero-order valence-corrected chi connectivity index (χ0v) is 17.6. The summed E-state index contributed by atoms with van der Waals surface area (Å²) in [5, 5.41) is 9.07. The molecule has 0 radical (unpaired) electrons. The summed E-state index contributed by atoms with van der Waals surface area (Å²) in [6.07, 6.45) is 23.1. The van der Waals surface area contributed by atoms with Crippen LogP contribution >= 0.6 is 0 Å². The van der Waals surface area contributed by atoms with Gasteiger partial charge in [-0.2, -0.15) is 0 Å². The maximum Gasteiger partial charge on any atom is 0.158 e. The van der Waals surface area contributed by atoms with Crippen molar-refractivity contribution in [2.45, 2.75) is 122 Å². The van der Waals surface area contributed by atoms with E-state index in [1.807, 2.05) is 0 Å². The lowest BCUT2D eigenvalue weighted by atomic mass is 10.0. The first kappa shape index (κ1) is 23.9. The van der Waals surface area contributed by atoms with Crippen LogP contribution in [0.15, 0.2) is 0 Å². The Morgan fingerprint density at radius 3 is 1.62 bits per heavy atom. The minimum absolute atomic E-state index is 0.0662. The van der Waals surface area contributed by atoms with Crippen molar-refractivity contribution in [1.82, 2.24) is 0 Å². The Kier molecular flexibility index (Phi) is 16.8. The van der Waals surface area contributed by atoms with E-state index in [4.69, 9.17) is 14.6 Å². The molecular formula is C23H46O3. The van der Waals surface area contributed by atoms with Gasteiger partial charge in [0.1, 0.15) is 0 Å². The van der Waals surface area contributed by atoms with Crippen molar-refractivity contribution in [1.29, 1.82) is 0 Å². The van der Waals surface area contributed by atoms with Crippen LogP contribution in [0.2, 0.25) is 0 Å². The molecule has 26 heavy (non-hydrogen) atoms. The second-order valence-corrected chi connectivity index (χ2v) is 8.22. The molecule has 1 N–H and O–H groups in total. The van der Waals surface area contributed by atoms with E-state index in [0.29, 0.717) is 6.61 Å². The molecule has 2 atom stereocenters. The fourth-order valence-corrected chi connectivity index (χ4v) is 3.76. The van der Waals surface area contributed by atoms with Gasteiger partial charge in [0.05, 0.1) is 6.61 Å². The second-order valence-electron chi connectivity index (χ2n) is 8.22. The minimum Gasteiger partial charge on any atom is -0.396 e. The molecule has 1 aliphatic heterocycles. The predicted octanol–water partition coefficient (Wildman–Crippen LogP) is 6.62. The predicted molar refractivity (Wildman–Crippen MR) is 110 cm³/mol. The van der Waals surface area contributed by atoms with Gasteiger partial charge >= 0.3 is 0 Å². The smallest absolute Gasteiger partial charge is 0.158 e. The molecule has 156 valence electrons. The van der Waals surface area contributed by atoms with Gasteiger partial charge in [-0.25, -0.2) is 0 Å². The fourth-order valence-electron chi connectivity index (χ4n) is 3.76. The van der Waals surface area contributed by atoms with Crippen LogP contribution in [0.5, 0.6) is 0 Å². The van der Waals surface area contributed by atoms with Gasteiger partial charge in [0, 0.05) is 25.6 Å². The van der Waals surface area contributed by atoms with Crippen LogP contribution in [0.4, 0.5) is 0 Å². The highest BCUT2D eigenvalue weighted by Crippen LogP contribution is 2.20. The summed E-state index contributed by atoms with van der Waals surface area (Å²) < 4.78 is 11.2. The molecule has 3 heteroatoms. The Balaban J connectivity index is 1.67. The molecule has 1 saturated heterocycles. The molecule has 3 nitrogen and oxygen atoms in total. The minimum atomic E-state index is -0.0662. The topological polar surface area (TPSA) is 38.7 Å². The zero-order chi connectivity index (χ0) is 18.7. The maximum atomic E-state index is 9.07. The zero-order valence-electron chi connectivity index (χ0n) is 17.6. The van der Waals surface area contributed by atoms with Crippen LogP contribution < -0.4 is 0 Å². The molecule has 0 saturated carbocycles. The first-order valence-electron chi connectivity index (χ1n) is 11.7. The van der Waals surface area contributed by atoms with Gasteiger partial charge < -0.3 is 14.6 Å². The van der Waals surface area contributed by atoms with Gasteiger partial charge in [0.15, 0.2) is 6.29 Å². The van der Waals surface area contributed by atoms with Crippen LogP contribution in [0.1, 0.15) is 116 Å². The standard InChI is InChI=1S/C23H46O3/c1-2-3-4-5-6-7-8-9-10-11-12-13-14-15-16-17-18-25-23-19-22(20-24)21-26-23/h22-24H,2-21H2,1H3/t22-,23-/m0/s1. The first-order chi connectivity index (χ1) is 12.9. The largest absolute Gasteiger partial charge is 0.396 e. The van der Waals surface area contributed by atoms with E-state index in [1.165, 1.54) is 96.3 Å². The van der Waals surface area contributed by atoms with Crippen molar-refractivity contribution in [3.8, 4) is 0 Å². The summed E-state index contributed by atoms with van der Waals surface area (Å²) >= 11 is 0. The number of unbranched alkanes of at least 4 members (excludes halogenated alkanes) is 15. The molecule has 0 unspecified atom stereocenters. The van der Waals surface area contributed by atoms with Crippen LogP contribution in [0.3, 0.4) is 0 Å². The molecule has 0 aliphatic carbocycles. The van der Waals surface area contributed by atoms with Crippen molar-refractivity contribution in [3.05, 3.63) is 0 Å². The lowest BCUT2D eigenvalue weighted by Crippen LogP contribution is -2.12. The summed E-state index contributed by atoms with van der Waals surface area (Å²) in [5.41, 5.74) is 0. The third-order valence-corrected chi connectivity index (χ3v) is 5.60. The Morgan fingerprint density at radius 1 is 0.731 bits per heavy atom. The van der Waals surface area contributed by atoms with E-state index in [2.05, 4.69) is 6.92 Å². The molecule has 1 heterocycles. The van der Waals surface area contributed by atoms with Crippen LogP contribution in [-0.2, 0) is 9.47 Å². The first-order valence-corrected chi connectivity index (χ1v) is 11.7. The fraction of sp³-hybridized carbons (Fsp3) is 1.00. The van der Waals surface area contributed by atoms with Crippen molar-refractivity contribution in [2.75, 3.05) is 19.8 Å². The molecule has 0 spiro atoms. The van der Waals surface area contributed by atoms with Crippen molar-refractivity contribution in [2.24, 2.45) is 5.92 Å². The van der Waals surface area contributed by atoms with Crippen molar-refractivity contribution < 1.29 is 14.6 Å². The highest BCUT2D eigenvalue weighted by Gasteiger charge is 2.24. The lowest BCUT2D eigenvalue weighted by Gasteiger charge is -2.10. The number of aliphatic hydroxyl groups is 1. The van der Waals surface area contributed by atoms with Crippen LogP contribution in [-0.4, -0.2) is 31.2 Å². The van der Waals surface area contributed by atoms with E-state index < -0.39 is 0 Å². The number of ether oxygens (including phenoxy) is 2. The Labute approximate surface area is 163 Å². The van der Waals surface area contributed by atoms with Gasteiger partial charge in [0.25, 0.3) is 0 Å². The SMILES string of the molecule is CCCCCCCCCCCCCCCCCCO[C@@H]1C[C@@H](CO)CO1. The number of aliphatic hydroxyl groups excluding tert-OH is 1. The molecule has 0 aromatic heterocycles. The molecule has 0 aromatic rings. The highest BCUT2D eigenvalue weighted by atomic mass is 16.7. The van der Waals surface area contributed by atoms with E-state index >= 15 is 0 Å². The Morgan fingerprint density at radius 2 is 1.19 bits per heavy atom. The average Bonchev–Trinajstić information content (AvgIpc) is 3.12. The van der Waals surface area contributed by atoms with Gasteiger partial charge in [-0.05, 0) is 6.42 Å². The summed E-state index contributed by atoms with van der Waals surface area (Å²) in [7, 11) is 0. The van der Waals surface area contributed by atoms with E-state index in [1.54, 1.807) is 0 Å². The molecule has 0 aromatic carbocycles. The van der Waals surface area contributed by atoms with Gasteiger partial charge in [-0.3, -0.25) is 0 Å². The Hall–Kier alpha value is -0.120. The van der Waals surface area contributed by atoms with E-state index in [-0.39, 0.29) is 18.8 Å². The molecule has 1 fully saturated rings. The van der Waals surface area contributed by atoms with E-state index in [9.17, 15) is 0 Å². The number of hydrogen-bond donors (Lipinski definition) is 1. The highest BCUT2D eigenvalue weighted by molar-refractivity contribution is 4.66. The quantitative estimate of drug-likeness (QED) is 0.260. The molecule has 0 bridgehead atoms. The normalized spacial score (nSPS) is 20.1. The summed E-state index contributed by atoms with van der Waals surface area (Å²) in [6.45, 7) is 3.97. The van der Waals surface area contributed by atoms with Crippen LogP contribution in [0, 0.1) is 5.92 Å². The third-order valence-electron chi connectivity index (χ3n) is 5.60. The van der Waals surface area contributed by atoms with Crippen molar-refractivity contribution in [3.63, 3.8) is 0 Å². The molecular weight excluding hydrogens is 324 g/mol. The third kappa shape index (κ3) is 14.0. The van der Waals surface area contributed by atoms with Gasteiger partial charge in [-0.1, -0.05) is 103 Å². The molecule has 0 amide bonds. The van der Waals surface area contributed by atoms with Gasteiger partial charge in [-0.15, -0.1) is 0 Å². The second kappa shape index (κ2) is 18.3. The van der Waals surface area contributed by atoms with E-state index in [0.717, 1.165) is 19.4 Å². The number of rotatable bonds is 19. The summed E-state index contributed by atoms with van der Waals surface area (Å²) in [4.78, 5) is 0. The van der Waals surface area contributed by atoms with Crippen molar-refractivity contribution >= 4 is 0 Å². The molecule has 1 rings (SSSR count). The monoisotopic (exact) mass is 370 g/mol. The summed E-state index contributed by atoms with van der Waals surface area (Å²) in [5.74, 6) is 0.283. The Bertz CT molecular complexity index is 283. The van der Waals surface area contributed by atoms with Crippen LogP contribution in [0.25, 0.3) is 0 Å². The number of hydrogen-bond acceptors (Lipinski definition) is 3. The molecule has 1 aliphatic rings. The average molecular weight is 371 g/mol. The summed E-state index contributed by atoms with van der Waals surface area (Å²) in [6, 6.07) is 0.